The second-order valence-electron chi connectivity index (χ2n) is 4.46. The highest BCUT2D eigenvalue weighted by Gasteiger charge is 2.05. The van der Waals surface area contributed by atoms with Crippen LogP contribution in [0.4, 0.5) is 6.01 Å². The molecule has 0 saturated carbocycles. The van der Waals surface area contributed by atoms with Crippen molar-refractivity contribution in [2.24, 2.45) is 0 Å². The van der Waals surface area contributed by atoms with Crippen LogP contribution in [0.15, 0.2) is 28.7 Å². The number of nitrogens with one attached hydrogen (secondary N) is 2. The van der Waals surface area contributed by atoms with Crippen LogP contribution in [0.3, 0.4) is 0 Å². The lowest BCUT2D eigenvalue weighted by molar-refractivity contribution is 0.477. The Bertz CT molecular complexity index is 510. The molecule has 5 nitrogen and oxygen atoms in total. The van der Waals surface area contributed by atoms with Gasteiger partial charge in [-0.2, -0.15) is 0 Å². The summed E-state index contributed by atoms with van der Waals surface area (Å²) in [6, 6.07) is 8.70. The lowest BCUT2D eigenvalue weighted by atomic mass is 10.1. The van der Waals surface area contributed by atoms with Crippen molar-refractivity contribution in [3.8, 4) is 0 Å². The first-order valence-corrected chi connectivity index (χ1v) is 6.61. The van der Waals surface area contributed by atoms with Crippen LogP contribution >= 0.6 is 0 Å². The van der Waals surface area contributed by atoms with Crippen LogP contribution in [0, 0.1) is 6.92 Å². The van der Waals surface area contributed by atoms with E-state index in [9.17, 15) is 0 Å². The van der Waals surface area contributed by atoms with E-state index in [0.29, 0.717) is 25.0 Å². The molecule has 1 heterocycles. The summed E-state index contributed by atoms with van der Waals surface area (Å²) in [7, 11) is 0. The predicted octanol–water partition coefficient (Wildman–Crippen LogP) is 2.49. The molecule has 0 saturated heterocycles. The first-order valence-electron chi connectivity index (χ1n) is 6.61. The fourth-order valence-electron chi connectivity index (χ4n) is 1.75. The molecule has 1 aromatic carbocycles. The standard InChI is InChI=1S/C14H20N4O/c1-3-8-15-10-13-17-18-14(19-13)16-9-12-7-5-4-6-11(12)2/h4-7,15H,3,8-10H2,1-2H3,(H,16,18). The summed E-state index contributed by atoms with van der Waals surface area (Å²) in [5, 5.41) is 14.3. The van der Waals surface area contributed by atoms with Gasteiger partial charge in [0.05, 0.1) is 6.54 Å². The molecule has 0 atom stereocenters. The van der Waals surface area contributed by atoms with Crippen LogP contribution < -0.4 is 10.6 Å². The quantitative estimate of drug-likeness (QED) is 0.749. The summed E-state index contributed by atoms with van der Waals surface area (Å²) < 4.78 is 5.50. The molecule has 19 heavy (non-hydrogen) atoms. The molecule has 1 aromatic heterocycles. The van der Waals surface area contributed by atoms with Crippen LogP contribution in [0.5, 0.6) is 0 Å². The molecule has 102 valence electrons. The van der Waals surface area contributed by atoms with E-state index >= 15 is 0 Å². The Morgan fingerprint density at radius 1 is 1.16 bits per heavy atom. The number of anilines is 1. The highest BCUT2D eigenvalue weighted by molar-refractivity contribution is 5.29. The van der Waals surface area contributed by atoms with Gasteiger partial charge in [-0.1, -0.05) is 36.3 Å². The predicted molar refractivity (Wildman–Crippen MR) is 74.8 cm³/mol. The largest absolute Gasteiger partial charge is 0.407 e. The molecule has 5 heteroatoms. The van der Waals surface area contributed by atoms with Gasteiger partial charge in [0.1, 0.15) is 0 Å². The molecular formula is C14H20N4O. The Balaban J connectivity index is 1.85. The molecule has 0 aliphatic heterocycles. The van der Waals surface area contributed by atoms with E-state index in [-0.39, 0.29) is 0 Å². The number of hydrogen-bond acceptors (Lipinski definition) is 5. The number of rotatable bonds is 7. The van der Waals surface area contributed by atoms with Crippen molar-refractivity contribution in [1.82, 2.24) is 15.5 Å². The SMILES string of the molecule is CCCNCc1nnc(NCc2ccccc2C)o1. The molecule has 2 aromatic rings. The monoisotopic (exact) mass is 260 g/mol. The summed E-state index contributed by atoms with van der Waals surface area (Å²) in [5.41, 5.74) is 2.48. The summed E-state index contributed by atoms with van der Waals surface area (Å²) in [6.07, 6.45) is 1.09. The maximum absolute atomic E-state index is 5.50. The third-order valence-electron chi connectivity index (χ3n) is 2.86. The Hall–Kier alpha value is -1.88. The molecular weight excluding hydrogens is 240 g/mol. The van der Waals surface area contributed by atoms with Crippen molar-refractivity contribution < 1.29 is 4.42 Å². The Morgan fingerprint density at radius 3 is 2.79 bits per heavy atom. The van der Waals surface area contributed by atoms with Crippen molar-refractivity contribution >= 4 is 6.01 Å². The van der Waals surface area contributed by atoms with Gasteiger partial charge >= 0.3 is 6.01 Å². The van der Waals surface area contributed by atoms with E-state index in [4.69, 9.17) is 4.42 Å². The molecule has 0 aliphatic carbocycles. The van der Waals surface area contributed by atoms with Crippen molar-refractivity contribution in [1.29, 1.82) is 0 Å². The number of hydrogen-bond donors (Lipinski definition) is 2. The van der Waals surface area contributed by atoms with Crippen molar-refractivity contribution in [3.63, 3.8) is 0 Å². The third-order valence-corrected chi connectivity index (χ3v) is 2.86. The Labute approximate surface area is 113 Å². The third kappa shape index (κ3) is 4.06. The second-order valence-corrected chi connectivity index (χ2v) is 4.46. The zero-order valence-electron chi connectivity index (χ0n) is 11.4. The highest BCUT2D eigenvalue weighted by atomic mass is 16.4. The van der Waals surface area contributed by atoms with Gasteiger partial charge in [-0.25, -0.2) is 0 Å². The minimum absolute atomic E-state index is 0.469. The van der Waals surface area contributed by atoms with Crippen LogP contribution in [0.25, 0.3) is 0 Å². The van der Waals surface area contributed by atoms with Gasteiger partial charge in [0.2, 0.25) is 5.89 Å². The number of aromatic nitrogens is 2. The summed E-state index contributed by atoms with van der Waals surface area (Å²) in [5.74, 6) is 0.612. The van der Waals surface area contributed by atoms with Crippen LogP contribution in [-0.2, 0) is 13.1 Å². The maximum Gasteiger partial charge on any atom is 0.315 e. The first-order chi connectivity index (χ1) is 9.29. The Morgan fingerprint density at radius 2 is 2.00 bits per heavy atom. The van der Waals surface area contributed by atoms with Gasteiger partial charge < -0.3 is 15.1 Å². The minimum atomic E-state index is 0.469. The van der Waals surface area contributed by atoms with Crippen LogP contribution in [-0.4, -0.2) is 16.7 Å². The van der Waals surface area contributed by atoms with E-state index in [1.54, 1.807) is 0 Å². The molecule has 0 spiro atoms. The lowest BCUT2D eigenvalue weighted by Gasteiger charge is -2.04. The second kappa shape index (κ2) is 6.89. The van der Waals surface area contributed by atoms with E-state index in [1.807, 2.05) is 12.1 Å². The fourth-order valence-corrected chi connectivity index (χ4v) is 1.75. The molecule has 0 amide bonds. The number of aryl methyl sites for hydroxylation is 1. The maximum atomic E-state index is 5.50. The zero-order chi connectivity index (χ0) is 13.5. The van der Waals surface area contributed by atoms with Crippen molar-refractivity contribution in [2.75, 3.05) is 11.9 Å². The summed E-state index contributed by atoms with van der Waals surface area (Å²) in [6.45, 7) is 6.47. The van der Waals surface area contributed by atoms with Gasteiger partial charge in [-0.15, -0.1) is 5.10 Å². The normalized spacial score (nSPS) is 10.6. The molecule has 0 unspecified atom stereocenters. The first kappa shape index (κ1) is 13.5. The van der Waals surface area contributed by atoms with Crippen LogP contribution in [0.2, 0.25) is 0 Å². The number of benzene rings is 1. The number of nitrogens with zero attached hydrogens (tertiary/aromatic N) is 2. The van der Waals surface area contributed by atoms with Crippen LogP contribution in [0.1, 0.15) is 30.4 Å². The van der Waals surface area contributed by atoms with E-state index < -0.39 is 0 Å². The van der Waals surface area contributed by atoms with Gasteiger partial charge in [-0.05, 0) is 31.0 Å². The van der Waals surface area contributed by atoms with Gasteiger partial charge in [0, 0.05) is 6.54 Å². The smallest absolute Gasteiger partial charge is 0.315 e. The fraction of sp³-hybridized carbons (Fsp3) is 0.429. The van der Waals surface area contributed by atoms with E-state index in [0.717, 1.165) is 13.0 Å². The topological polar surface area (TPSA) is 63.0 Å². The minimum Gasteiger partial charge on any atom is -0.407 e. The van der Waals surface area contributed by atoms with E-state index in [1.165, 1.54) is 11.1 Å². The molecule has 0 fully saturated rings. The zero-order valence-corrected chi connectivity index (χ0v) is 11.4. The highest BCUT2D eigenvalue weighted by Crippen LogP contribution is 2.11. The lowest BCUT2D eigenvalue weighted by Crippen LogP contribution is -2.13. The van der Waals surface area contributed by atoms with Crippen molar-refractivity contribution in [2.45, 2.75) is 33.4 Å². The average Bonchev–Trinajstić information content (AvgIpc) is 2.86. The molecule has 2 rings (SSSR count). The van der Waals surface area contributed by atoms with Gasteiger partial charge in [-0.3, -0.25) is 0 Å². The van der Waals surface area contributed by atoms with Gasteiger partial charge in [0.25, 0.3) is 0 Å². The van der Waals surface area contributed by atoms with Gasteiger partial charge in [0.15, 0.2) is 0 Å². The summed E-state index contributed by atoms with van der Waals surface area (Å²) >= 11 is 0. The summed E-state index contributed by atoms with van der Waals surface area (Å²) in [4.78, 5) is 0. The van der Waals surface area contributed by atoms with E-state index in [2.05, 4.69) is 46.8 Å². The van der Waals surface area contributed by atoms with Crippen molar-refractivity contribution in [3.05, 3.63) is 41.3 Å². The molecule has 2 N–H and O–H groups in total. The molecule has 0 aliphatic rings. The molecule has 0 bridgehead atoms. The average molecular weight is 260 g/mol. The molecule has 0 radical (unpaired) electrons. The Kier molecular flexibility index (Phi) is 4.92.